The number of rotatable bonds is 7. The van der Waals surface area contributed by atoms with Crippen molar-refractivity contribution >= 4 is 0 Å². The molecule has 0 bridgehead atoms. The van der Waals surface area contributed by atoms with E-state index >= 15 is 0 Å². The lowest BCUT2D eigenvalue weighted by molar-refractivity contribution is -0.274. The quantitative estimate of drug-likeness (QED) is 0.377. The van der Waals surface area contributed by atoms with Gasteiger partial charge >= 0.3 is 6.36 Å². The molecule has 2 aromatic heterocycles. The van der Waals surface area contributed by atoms with Crippen molar-refractivity contribution in [2.45, 2.75) is 25.8 Å². The Balaban J connectivity index is 1.52. The topological polar surface area (TPSA) is 86.2 Å². The molecule has 0 fully saturated rings. The molecule has 12 heteroatoms. The lowest BCUT2D eigenvalue weighted by Gasteiger charge is -2.14. The molecule has 0 spiro atoms. The summed E-state index contributed by atoms with van der Waals surface area (Å²) < 4.78 is 75.1. The predicted molar refractivity (Wildman–Crippen MR) is 109 cm³/mol. The minimum Gasteiger partial charge on any atom is -0.406 e. The molecule has 0 atom stereocenters. The van der Waals surface area contributed by atoms with Crippen LogP contribution in [0.1, 0.15) is 16.8 Å². The molecular weight excluding hydrogens is 463 g/mol. The highest BCUT2D eigenvalue weighted by Crippen LogP contribution is 2.29. The Morgan fingerprint density at radius 1 is 1.03 bits per heavy atom. The summed E-state index contributed by atoms with van der Waals surface area (Å²) in [4.78, 5) is 4.23. The molecule has 7 nitrogen and oxygen atoms in total. The third-order valence-electron chi connectivity index (χ3n) is 4.85. The van der Waals surface area contributed by atoms with Crippen molar-refractivity contribution in [3.63, 3.8) is 0 Å². The van der Waals surface area contributed by atoms with Gasteiger partial charge < -0.3 is 14.4 Å². The number of benzene rings is 2. The fraction of sp³-hybridized carbons (Fsp3) is 0.227. The van der Waals surface area contributed by atoms with Gasteiger partial charge in [-0.05, 0) is 48.9 Å². The second kappa shape index (κ2) is 8.86. The van der Waals surface area contributed by atoms with Gasteiger partial charge in [-0.2, -0.15) is 18.9 Å². The normalized spacial score (nSPS) is 12.2. The van der Waals surface area contributed by atoms with Crippen LogP contribution >= 0.6 is 0 Å². The fourth-order valence-corrected chi connectivity index (χ4v) is 3.19. The van der Waals surface area contributed by atoms with E-state index in [1.54, 1.807) is 23.7 Å². The largest absolute Gasteiger partial charge is 0.573 e. The van der Waals surface area contributed by atoms with Gasteiger partial charge in [0.1, 0.15) is 12.4 Å². The second-order valence-corrected chi connectivity index (χ2v) is 7.39. The molecule has 0 saturated heterocycles. The average Bonchev–Trinajstić information content (AvgIpc) is 3.41. The maximum atomic E-state index is 13.8. The zero-order valence-electron chi connectivity index (χ0n) is 17.6. The summed E-state index contributed by atoms with van der Waals surface area (Å²) in [6, 6.07) is 12.3. The Hall–Kier alpha value is -3.80. The molecule has 0 aliphatic heterocycles. The van der Waals surface area contributed by atoms with Crippen molar-refractivity contribution in [3.05, 3.63) is 71.4 Å². The van der Waals surface area contributed by atoms with Crippen LogP contribution in [0.15, 0.2) is 59.1 Å². The molecule has 0 unspecified atom stereocenters. The highest BCUT2D eigenvalue weighted by atomic mass is 19.4. The SMILES string of the molecule is Cc1cc(-c2nc(-c3ccc(OC(F)(F)F)cc3)no2)nn1Cc1cccc(C(F)(F)CO)c1. The lowest BCUT2D eigenvalue weighted by atomic mass is 10.1. The number of halogens is 5. The molecule has 0 radical (unpaired) electrons. The van der Waals surface area contributed by atoms with Crippen molar-refractivity contribution in [1.82, 2.24) is 19.9 Å². The molecular formula is C22H17F5N4O3. The molecule has 34 heavy (non-hydrogen) atoms. The van der Waals surface area contributed by atoms with Gasteiger partial charge in [0.05, 0.1) is 6.54 Å². The summed E-state index contributed by atoms with van der Waals surface area (Å²) in [7, 11) is 0. The number of aliphatic hydroxyl groups excluding tert-OH is 1. The number of hydrogen-bond donors (Lipinski definition) is 1. The van der Waals surface area contributed by atoms with Crippen LogP contribution in [-0.4, -0.2) is 38.0 Å². The van der Waals surface area contributed by atoms with Crippen molar-refractivity contribution < 1.29 is 36.3 Å². The monoisotopic (exact) mass is 480 g/mol. The summed E-state index contributed by atoms with van der Waals surface area (Å²) in [6.45, 7) is 0.654. The van der Waals surface area contributed by atoms with Crippen LogP contribution in [0.4, 0.5) is 22.0 Å². The first kappa shape index (κ1) is 23.4. The molecule has 0 aliphatic rings. The van der Waals surface area contributed by atoms with Gasteiger partial charge in [0.2, 0.25) is 5.82 Å². The fourth-order valence-electron chi connectivity index (χ4n) is 3.19. The van der Waals surface area contributed by atoms with Crippen molar-refractivity contribution in [2.24, 2.45) is 0 Å². The van der Waals surface area contributed by atoms with Gasteiger partial charge in [-0.15, -0.1) is 13.2 Å². The van der Waals surface area contributed by atoms with Gasteiger partial charge in [-0.1, -0.05) is 23.4 Å². The number of aliphatic hydroxyl groups is 1. The standard InChI is InChI=1S/C22H17F5N4O3/c1-13-9-18(29-31(13)11-14-3-2-4-16(10-14)21(23,24)12-32)20-28-19(30-34-20)15-5-7-17(8-6-15)33-22(25,26)27/h2-10,32H,11-12H2,1H3. The van der Waals surface area contributed by atoms with Gasteiger partial charge in [-0.3, -0.25) is 4.68 Å². The number of ether oxygens (including phenoxy) is 1. The first-order valence-corrected chi connectivity index (χ1v) is 9.87. The molecule has 4 rings (SSSR count). The van der Waals surface area contributed by atoms with E-state index in [9.17, 15) is 22.0 Å². The number of hydrogen-bond acceptors (Lipinski definition) is 6. The van der Waals surface area contributed by atoms with Crippen LogP contribution in [0, 0.1) is 6.92 Å². The number of alkyl halides is 5. The molecule has 0 saturated carbocycles. The Bertz CT molecular complexity index is 1280. The molecule has 0 aliphatic carbocycles. The maximum Gasteiger partial charge on any atom is 0.573 e. The third-order valence-corrected chi connectivity index (χ3v) is 4.85. The van der Waals surface area contributed by atoms with Crippen molar-refractivity contribution in [1.29, 1.82) is 0 Å². The van der Waals surface area contributed by atoms with Crippen LogP contribution in [0.5, 0.6) is 5.75 Å². The van der Waals surface area contributed by atoms with E-state index in [2.05, 4.69) is 20.0 Å². The molecule has 1 N–H and O–H groups in total. The number of nitrogens with zero attached hydrogens (tertiary/aromatic N) is 4. The zero-order chi connectivity index (χ0) is 24.5. The molecule has 2 heterocycles. The van der Waals surface area contributed by atoms with E-state index in [-0.39, 0.29) is 29.6 Å². The highest BCUT2D eigenvalue weighted by molar-refractivity contribution is 5.59. The molecule has 4 aromatic rings. The van der Waals surface area contributed by atoms with E-state index in [4.69, 9.17) is 9.63 Å². The van der Waals surface area contributed by atoms with Gasteiger partial charge in [0, 0.05) is 16.8 Å². The van der Waals surface area contributed by atoms with Crippen molar-refractivity contribution in [3.8, 4) is 28.7 Å². The number of aryl methyl sites for hydroxylation is 1. The summed E-state index contributed by atoms with van der Waals surface area (Å²) in [5, 5.41) is 17.1. The molecule has 178 valence electrons. The molecule has 2 aromatic carbocycles. The highest BCUT2D eigenvalue weighted by Gasteiger charge is 2.31. The Kier molecular flexibility index (Phi) is 6.09. The van der Waals surface area contributed by atoms with Crippen LogP contribution in [-0.2, 0) is 12.5 Å². The predicted octanol–water partition coefficient (Wildman–Crippen LogP) is 4.94. The zero-order valence-corrected chi connectivity index (χ0v) is 17.6. The van der Waals surface area contributed by atoms with Gasteiger partial charge in [0.15, 0.2) is 5.69 Å². The smallest absolute Gasteiger partial charge is 0.406 e. The van der Waals surface area contributed by atoms with E-state index in [1.165, 1.54) is 30.3 Å². The molecule has 0 amide bonds. The van der Waals surface area contributed by atoms with Crippen molar-refractivity contribution in [2.75, 3.05) is 6.61 Å². The Morgan fingerprint density at radius 3 is 2.44 bits per heavy atom. The van der Waals surface area contributed by atoms with Crippen LogP contribution in [0.2, 0.25) is 0 Å². The minimum atomic E-state index is -4.79. The van der Waals surface area contributed by atoms with E-state index in [0.717, 1.165) is 12.1 Å². The first-order valence-electron chi connectivity index (χ1n) is 9.87. The lowest BCUT2D eigenvalue weighted by Crippen LogP contribution is -2.18. The van der Waals surface area contributed by atoms with Crippen LogP contribution in [0.25, 0.3) is 23.0 Å². The minimum absolute atomic E-state index is 0.0769. The average molecular weight is 480 g/mol. The van der Waals surface area contributed by atoms with Gasteiger partial charge in [0.25, 0.3) is 11.8 Å². The van der Waals surface area contributed by atoms with E-state index in [1.807, 2.05) is 0 Å². The third kappa shape index (κ3) is 5.22. The van der Waals surface area contributed by atoms with Crippen LogP contribution in [0.3, 0.4) is 0 Å². The maximum absolute atomic E-state index is 13.8. The Labute approximate surface area is 189 Å². The van der Waals surface area contributed by atoms with Gasteiger partial charge in [-0.25, -0.2) is 0 Å². The van der Waals surface area contributed by atoms with Crippen LogP contribution < -0.4 is 4.74 Å². The second-order valence-electron chi connectivity index (χ2n) is 7.39. The number of aromatic nitrogens is 4. The van der Waals surface area contributed by atoms with E-state index in [0.29, 0.717) is 22.5 Å². The Morgan fingerprint density at radius 2 is 1.76 bits per heavy atom. The summed E-state index contributed by atoms with van der Waals surface area (Å²) >= 11 is 0. The summed E-state index contributed by atoms with van der Waals surface area (Å²) in [6.07, 6.45) is -4.79. The van der Waals surface area contributed by atoms with E-state index < -0.39 is 18.9 Å². The summed E-state index contributed by atoms with van der Waals surface area (Å²) in [5.74, 6) is -3.51. The summed E-state index contributed by atoms with van der Waals surface area (Å²) in [5.41, 5.74) is 1.69. The first-order chi connectivity index (χ1) is 16.0.